The Morgan fingerprint density at radius 2 is 1.60 bits per heavy atom. The number of carbonyl (C=O) groups is 1. The van der Waals surface area contributed by atoms with E-state index in [1.54, 1.807) is 12.2 Å². The van der Waals surface area contributed by atoms with Gasteiger partial charge in [0.05, 0.1) is 0 Å². The molecule has 0 aliphatic carbocycles. The molecule has 0 aromatic rings. The fourth-order valence-electron chi connectivity index (χ4n) is 0.293. The zero-order chi connectivity index (χ0) is 12.1. The van der Waals surface area contributed by atoms with Crippen LogP contribution in [0.25, 0.3) is 0 Å². The van der Waals surface area contributed by atoms with Crippen LogP contribution in [0.15, 0.2) is 24.3 Å². The van der Waals surface area contributed by atoms with E-state index >= 15 is 0 Å². The molecule has 6 heteroatoms. The quantitative estimate of drug-likeness (QED) is 0.424. The van der Waals surface area contributed by atoms with Gasteiger partial charge in [0.25, 0.3) is 0 Å². The van der Waals surface area contributed by atoms with Crippen LogP contribution in [0.4, 0.5) is 0 Å². The van der Waals surface area contributed by atoms with Gasteiger partial charge in [0.1, 0.15) is 0 Å². The molecule has 0 spiro atoms. The van der Waals surface area contributed by atoms with Gasteiger partial charge in [0.15, 0.2) is 0 Å². The molecule has 5 nitrogen and oxygen atoms in total. The van der Waals surface area contributed by atoms with Crippen LogP contribution in [0.2, 0.25) is 0 Å². The fourth-order valence-corrected chi connectivity index (χ4v) is 0.431. The van der Waals surface area contributed by atoms with E-state index in [0.717, 1.165) is 6.08 Å². The number of hydrogen-bond donors (Lipinski definition) is 1. The maximum absolute atomic E-state index is 9.75. The standard InChI is InChI=1S/C6H8O2.3CO.Fe/c1-2-3-4-5-6(7)8;3*1-2;/h2-5H,1H3,(H,7,8);;;;. The van der Waals surface area contributed by atoms with E-state index in [-0.39, 0.29) is 0 Å². The molecule has 82 valence electrons. The number of hydrogen-bond acceptors (Lipinski definition) is 4. The Morgan fingerprint density at radius 1 is 1.13 bits per heavy atom. The summed E-state index contributed by atoms with van der Waals surface area (Å²) >= 11 is -2.12. The van der Waals surface area contributed by atoms with Gasteiger partial charge < -0.3 is 5.11 Å². The second-order valence-electron chi connectivity index (χ2n) is 1.70. The molecule has 0 radical (unpaired) electrons. The van der Waals surface area contributed by atoms with Gasteiger partial charge in [-0.05, 0) is 6.92 Å². The molecule has 0 heterocycles. The van der Waals surface area contributed by atoms with Gasteiger partial charge in [-0.2, -0.15) is 0 Å². The van der Waals surface area contributed by atoms with Gasteiger partial charge in [-0.25, -0.2) is 4.79 Å². The average molecular weight is 252 g/mol. The van der Waals surface area contributed by atoms with Crippen LogP contribution in [0.5, 0.6) is 0 Å². The first-order valence-corrected chi connectivity index (χ1v) is 5.09. The van der Waals surface area contributed by atoms with Crippen molar-refractivity contribution >= 4 is 20.3 Å². The average Bonchev–Trinajstić information content (AvgIpc) is 2.21. The van der Waals surface area contributed by atoms with Gasteiger partial charge in [0, 0.05) is 6.08 Å². The molecule has 0 aromatic carbocycles. The van der Waals surface area contributed by atoms with E-state index in [9.17, 15) is 19.2 Å². The van der Waals surface area contributed by atoms with E-state index in [2.05, 4.69) is 0 Å². The Balaban J connectivity index is 0. The summed E-state index contributed by atoms with van der Waals surface area (Å²) in [6.45, 7) is 1.83. The molecule has 0 bridgehead atoms. The summed E-state index contributed by atoms with van der Waals surface area (Å²) in [6.07, 6.45) is 5.98. The van der Waals surface area contributed by atoms with Gasteiger partial charge in [0.2, 0.25) is 0 Å². The molecule has 1 N–H and O–H groups in total. The van der Waals surface area contributed by atoms with E-state index in [1.165, 1.54) is 20.4 Å². The number of rotatable bonds is 2. The molecule has 0 aliphatic heterocycles. The second kappa shape index (κ2) is 12.2. The molecule has 15 heavy (non-hydrogen) atoms. The first kappa shape index (κ1) is 15.7. The van der Waals surface area contributed by atoms with Crippen molar-refractivity contribution in [3.05, 3.63) is 24.3 Å². The van der Waals surface area contributed by atoms with E-state index in [0.29, 0.717) is 0 Å². The first-order chi connectivity index (χ1) is 7.12. The topological polar surface area (TPSA) is 88.5 Å². The van der Waals surface area contributed by atoms with Crippen molar-refractivity contribution in [2.45, 2.75) is 6.92 Å². The molecule has 0 fully saturated rings. The van der Waals surface area contributed by atoms with Gasteiger partial charge in [-0.3, -0.25) is 0 Å². The molecule has 0 unspecified atom stereocenters. The van der Waals surface area contributed by atoms with Crippen LogP contribution in [0.3, 0.4) is 0 Å². The Morgan fingerprint density at radius 3 is 1.80 bits per heavy atom. The Hall–Kier alpha value is -1.79. The van der Waals surface area contributed by atoms with Crippen LogP contribution in [0, 0.1) is 0 Å². The predicted octanol–water partition coefficient (Wildman–Crippen LogP) is 0.00950. The normalized spacial score (nSPS) is 8.93. The third-order valence-corrected chi connectivity index (χ3v) is 1.44. The second-order valence-corrected chi connectivity index (χ2v) is 3.21. The number of carboxylic acid groups (broad SMARTS) is 1. The summed E-state index contributed by atoms with van der Waals surface area (Å²) in [4.78, 5) is 41.4. The van der Waals surface area contributed by atoms with Crippen molar-refractivity contribution < 1.29 is 36.9 Å². The van der Waals surface area contributed by atoms with E-state index in [4.69, 9.17) is 5.11 Å². The molecule has 0 saturated heterocycles. The first-order valence-electron chi connectivity index (χ1n) is 3.44. The fraction of sp³-hybridized carbons (Fsp3) is 0.111. The molecule has 0 amide bonds. The molecular formula is C9H8FeO5. The third kappa shape index (κ3) is 15.0. The Bertz CT molecular complexity index is 419. The van der Waals surface area contributed by atoms with Gasteiger partial charge in [-0.1, -0.05) is 18.2 Å². The van der Waals surface area contributed by atoms with E-state index in [1.807, 2.05) is 6.92 Å². The van der Waals surface area contributed by atoms with Gasteiger partial charge >= 0.3 is 47.3 Å². The number of carbonyl (C=O) groups excluding carboxylic acids is 3. The minimum atomic E-state index is -2.12. The summed E-state index contributed by atoms with van der Waals surface area (Å²) in [5.74, 6) is -0.914. The monoisotopic (exact) mass is 252 g/mol. The van der Waals surface area contributed by atoms with Crippen molar-refractivity contribution in [3.63, 3.8) is 0 Å². The molecule has 0 aromatic heterocycles. The van der Waals surface area contributed by atoms with E-state index < -0.39 is 18.6 Å². The van der Waals surface area contributed by atoms with Crippen molar-refractivity contribution in [3.8, 4) is 0 Å². The van der Waals surface area contributed by atoms with Crippen LogP contribution in [0.1, 0.15) is 6.92 Å². The Labute approximate surface area is 88.8 Å². The summed E-state index contributed by atoms with van der Waals surface area (Å²) in [7, 11) is 0. The summed E-state index contributed by atoms with van der Waals surface area (Å²) in [5.41, 5.74) is 0. The number of allylic oxidation sites excluding steroid dienone is 3. The van der Waals surface area contributed by atoms with Gasteiger partial charge in [-0.15, -0.1) is 0 Å². The molecule has 0 aliphatic rings. The third-order valence-electron chi connectivity index (χ3n) is 0.759. The van der Waals surface area contributed by atoms with Crippen LogP contribution < -0.4 is 0 Å². The summed E-state index contributed by atoms with van der Waals surface area (Å²) in [5, 5.41) is 8.02. The summed E-state index contributed by atoms with van der Waals surface area (Å²) < 4.78 is 0. The van der Waals surface area contributed by atoms with Crippen molar-refractivity contribution in [2.24, 2.45) is 0 Å². The van der Waals surface area contributed by atoms with Crippen molar-refractivity contribution in [1.29, 1.82) is 0 Å². The molecule has 0 rings (SSSR count). The zero-order valence-electron chi connectivity index (χ0n) is 7.74. The predicted molar refractivity (Wildman–Crippen MR) is 48.7 cm³/mol. The number of aliphatic carboxylic acids is 1. The molecule has 0 atom stereocenters. The Kier molecular flexibility index (Phi) is 12.8. The van der Waals surface area contributed by atoms with Crippen LogP contribution in [-0.4, -0.2) is 25.4 Å². The summed E-state index contributed by atoms with van der Waals surface area (Å²) in [6, 6.07) is 0. The maximum atomic E-state index is 9.75. The molecular weight excluding hydrogens is 244 g/mol. The minimum absolute atomic E-state index is 0.914. The van der Waals surface area contributed by atoms with Crippen LogP contribution >= 0.6 is 0 Å². The number of carboxylic acids is 1. The zero-order valence-corrected chi connectivity index (χ0v) is 8.85. The van der Waals surface area contributed by atoms with Crippen LogP contribution in [-0.2, 0) is 31.8 Å². The van der Waals surface area contributed by atoms with Crippen molar-refractivity contribution in [2.75, 3.05) is 0 Å². The molecule has 0 saturated carbocycles. The SMILES string of the molecule is CC=CC=CC(=O)O.O=[C]=[Fe](=[C]=O)=[C]=O. The van der Waals surface area contributed by atoms with Crippen molar-refractivity contribution in [1.82, 2.24) is 0 Å².